The van der Waals surface area contributed by atoms with Crippen LogP contribution in [0.15, 0.2) is 18.2 Å². The normalized spacial score (nSPS) is 17.0. The highest BCUT2D eigenvalue weighted by molar-refractivity contribution is 5.91. The van der Waals surface area contributed by atoms with E-state index in [-0.39, 0.29) is 5.91 Å². The van der Waals surface area contributed by atoms with Crippen molar-refractivity contribution in [1.82, 2.24) is 5.32 Å². The number of carbonyl (C=O) groups excluding carboxylic acids is 1. The van der Waals surface area contributed by atoms with E-state index in [0.29, 0.717) is 24.9 Å². The van der Waals surface area contributed by atoms with Crippen LogP contribution in [0.25, 0.3) is 0 Å². The van der Waals surface area contributed by atoms with Crippen molar-refractivity contribution in [3.8, 4) is 5.75 Å². The van der Waals surface area contributed by atoms with Crippen molar-refractivity contribution in [1.29, 1.82) is 0 Å². The topological polar surface area (TPSA) is 50.4 Å². The Morgan fingerprint density at radius 1 is 1.41 bits per heavy atom. The minimum atomic E-state index is 0.110. The van der Waals surface area contributed by atoms with Gasteiger partial charge < -0.3 is 15.4 Å². The lowest BCUT2D eigenvalue weighted by atomic mass is 9.84. The number of hydrogen-bond donors (Lipinski definition) is 2. The zero-order valence-electron chi connectivity index (χ0n) is 13.9. The molecule has 1 aromatic rings. The third-order valence-electron chi connectivity index (χ3n) is 4.48. The molecule has 1 aliphatic rings. The number of piperidine rings is 1. The summed E-state index contributed by atoms with van der Waals surface area (Å²) < 4.78 is 5.47. The molecule has 1 heterocycles. The predicted octanol–water partition coefficient (Wildman–Crippen LogP) is 3.36. The molecule has 1 amide bonds. The van der Waals surface area contributed by atoms with Gasteiger partial charge in [-0.3, -0.25) is 4.79 Å². The highest BCUT2D eigenvalue weighted by atomic mass is 16.5. The first-order valence-corrected chi connectivity index (χ1v) is 8.34. The molecule has 1 aromatic carbocycles. The van der Waals surface area contributed by atoms with E-state index in [9.17, 15) is 4.79 Å². The van der Waals surface area contributed by atoms with Gasteiger partial charge >= 0.3 is 0 Å². The van der Waals surface area contributed by atoms with E-state index in [1.165, 1.54) is 12.8 Å². The second-order valence-electron chi connectivity index (χ2n) is 6.23. The van der Waals surface area contributed by atoms with Crippen LogP contribution in [0, 0.1) is 18.8 Å². The van der Waals surface area contributed by atoms with Gasteiger partial charge in [0.2, 0.25) is 5.91 Å². The van der Waals surface area contributed by atoms with Crippen LogP contribution in [0.3, 0.4) is 0 Å². The number of ether oxygens (including phenoxy) is 1. The highest BCUT2D eigenvalue weighted by Gasteiger charge is 2.22. The maximum atomic E-state index is 12.3. The number of benzene rings is 1. The average Bonchev–Trinajstić information content (AvgIpc) is 2.51. The number of rotatable bonds is 6. The number of aryl methyl sites for hydroxylation is 1. The van der Waals surface area contributed by atoms with Gasteiger partial charge in [0, 0.05) is 12.1 Å². The quantitative estimate of drug-likeness (QED) is 0.847. The standard InChI is InChI=1S/C18H28N2O2/c1-4-22-16-5-6-17(14(3)11-16)20-18(21)12-13(2)15-7-9-19-10-8-15/h5-6,11,13,15,19H,4,7-10,12H2,1-3H3,(H,20,21). The number of nitrogens with one attached hydrogen (secondary N) is 2. The van der Waals surface area contributed by atoms with E-state index >= 15 is 0 Å². The minimum Gasteiger partial charge on any atom is -0.494 e. The second kappa shape index (κ2) is 8.18. The van der Waals surface area contributed by atoms with Gasteiger partial charge in [0.25, 0.3) is 0 Å². The van der Waals surface area contributed by atoms with Crippen molar-refractivity contribution in [3.63, 3.8) is 0 Å². The summed E-state index contributed by atoms with van der Waals surface area (Å²) in [4.78, 5) is 12.3. The predicted molar refractivity (Wildman–Crippen MR) is 90.4 cm³/mol. The molecular weight excluding hydrogens is 276 g/mol. The van der Waals surface area contributed by atoms with E-state index in [1.807, 2.05) is 32.0 Å². The SMILES string of the molecule is CCOc1ccc(NC(=O)CC(C)C2CCNCC2)c(C)c1. The Morgan fingerprint density at radius 2 is 2.14 bits per heavy atom. The largest absolute Gasteiger partial charge is 0.494 e. The molecule has 4 nitrogen and oxygen atoms in total. The van der Waals surface area contributed by atoms with Crippen LogP contribution in [-0.4, -0.2) is 25.6 Å². The maximum Gasteiger partial charge on any atom is 0.224 e. The summed E-state index contributed by atoms with van der Waals surface area (Å²) in [6, 6.07) is 5.80. The molecule has 1 fully saturated rings. The lowest BCUT2D eigenvalue weighted by molar-refractivity contribution is -0.117. The van der Waals surface area contributed by atoms with Gasteiger partial charge in [-0.15, -0.1) is 0 Å². The molecule has 0 aliphatic carbocycles. The lowest BCUT2D eigenvalue weighted by Gasteiger charge is -2.28. The summed E-state index contributed by atoms with van der Waals surface area (Å²) in [5.41, 5.74) is 1.92. The van der Waals surface area contributed by atoms with Crippen molar-refractivity contribution in [3.05, 3.63) is 23.8 Å². The second-order valence-corrected chi connectivity index (χ2v) is 6.23. The molecule has 22 heavy (non-hydrogen) atoms. The molecule has 1 atom stereocenters. The lowest BCUT2D eigenvalue weighted by Crippen LogP contribution is -2.32. The van der Waals surface area contributed by atoms with Crippen LogP contribution in [0.5, 0.6) is 5.75 Å². The summed E-state index contributed by atoms with van der Waals surface area (Å²) in [5, 5.41) is 6.41. The number of anilines is 1. The molecule has 0 radical (unpaired) electrons. The third kappa shape index (κ3) is 4.73. The maximum absolute atomic E-state index is 12.3. The monoisotopic (exact) mass is 304 g/mol. The molecule has 2 N–H and O–H groups in total. The molecule has 0 spiro atoms. The van der Waals surface area contributed by atoms with Gasteiger partial charge in [-0.2, -0.15) is 0 Å². The first-order chi connectivity index (χ1) is 10.6. The van der Waals surface area contributed by atoms with Gasteiger partial charge in [0.05, 0.1) is 6.61 Å². The molecule has 0 aromatic heterocycles. The zero-order chi connectivity index (χ0) is 15.9. The summed E-state index contributed by atoms with van der Waals surface area (Å²) in [7, 11) is 0. The molecular formula is C18H28N2O2. The summed E-state index contributed by atoms with van der Waals surface area (Å²) in [5.74, 6) is 2.05. The molecule has 4 heteroatoms. The summed E-state index contributed by atoms with van der Waals surface area (Å²) >= 11 is 0. The minimum absolute atomic E-state index is 0.110. The number of hydrogen-bond acceptors (Lipinski definition) is 3. The highest BCUT2D eigenvalue weighted by Crippen LogP contribution is 2.26. The average molecular weight is 304 g/mol. The number of amides is 1. The molecule has 0 saturated carbocycles. The fourth-order valence-corrected chi connectivity index (χ4v) is 3.11. The van der Waals surface area contributed by atoms with Crippen molar-refractivity contribution in [2.45, 2.75) is 40.0 Å². The zero-order valence-corrected chi connectivity index (χ0v) is 13.9. The molecule has 122 valence electrons. The van der Waals surface area contributed by atoms with Gasteiger partial charge in [-0.1, -0.05) is 6.92 Å². The fraction of sp³-hybridized carbons (Fsp3) is 0.611. The van der Waals surface area contributed by atoms with Crippen LogP contribution in [0.2, 0.25) is 0 Å². The van der Waals surface area contributed by atoms with Crippen LogP contribution in [0.1, 0.15) is 38.7 Å². The summed E-state index contributed by atoms with van der Waals surface area (Å²) in [6.07, 6.45) is 2.95. The van der Waals surface area contributed by atoms with E-state index < -0.39 is 0 Å². The van der Waals surface area contributed by atoms with E-state index in [1.54, 1.807) is 0 Å². The van der Waals surface area contributed by atoms with Crippen LogP contribution >= 0.6 is 0 Å². The van der Waals surface area contributed by atoms with Gasteiger partial charge in [0.1, 0.15) is 5.75 Å². The summed E-state index contributed by atoms with van der Waals surface area (Å²) in [6.45, 7) is 8.96. The van der Waals surface area contributed by atoms with E-state index in [2.05, 4.69) is 17.6 Å². The molecule has 1 unspecified atom stereocenters. The Bertz CT molecular complexity index is 496. The van der Waals surface area contributed by atoms with Gasteiger partial charge in [-0.25, -0.2) is 0 Å². The Kier molecular flexibility index (Phi) is 6.25. The van der Waals surface area contributed by atoms with Crippen LogP contribution < -0.4 is 15.4 Å². The molecule has 1 aliphatic heterocycles. The molecule has 0 bridgehead atoms. The van der Waals surface area contributed by atoms with Crippen LogP contribution in [-0.2, 0) is 4.79 Å². The van der Waals surface area contributed by atoms with Gasteiger partial charge in [0.15, 0.2) is 0 Å². The van der Waals surface area contributed by atoms with Crippen molar-refractivity contribution < 1.29 is 9.53 Å². The Balaban J connectivity index is 1.88. The first-order valence-electron chi connectivity index (χ1n) is 8.34. The fourth-order valence-electron chi connectivity index (χ4n) is 3.11. The Labute approximate surface area is 133 Å². The third-order valence-corrected chi connectivity index (χ3v) is 4.48. The molecule has 2 rings (SSSR count). The van der Waals surface area contributed by atoms with E-state index in [0.717, 1.165) is 30.1 Å². The smallest absolute Gasteiger partial charge is 0.224 e. The Morgan fingerprint density at radius 3 is 2.77 bits per heavy atom. The van der Waals surface area contributed by atoms with Crippen LogP contribution in [0.4, 0.5) is 5.69 Å². The van der Waals surface area contributed by atoms with Crippen molar-refractivity contribution >= 4 is 11.6 Å². The van der Waals surface area contributed by atoms with E-state index in [4.69, 9.17) is 4.74 Å². The van der Waals surface area contributed by atoms with Crippen molar-refractivity contribution in [2.24, 2.45) is 11.8 Å². The Hall–Kier alpha value is -1.55. The van der Waals surface area contributed by atoms with Gasteiger partial charge in [-0.05, 0) is 75.4 Å². The van der Waals surface area contributed by atoms with Crippen molar-refractivity contribution in [2.75, 3.05) is 25.0 Å². The number of carbonyl (C=O) groups is 1. The first kappa shape index (κ1) is 16.8. The molecule has 1 saturated heterocycles.